The minimum atomic E-state index is -1.14. The van der Waals surface area contributed by atoms with Crippen LogP contribution < -0.4 is 4.74 Å². The summed E-state index contributed by atoms with van der Waals surface area (Å²) in [6.07, 6.45) is 0. The van der Waals surface area contributed by atoms with Crippen molar-refractivity contribution in [3.05, 3.63) is 60.7 Å². The minimum Gasteiger partial charge on any atom is -0.478 e. The normalized spacial score (nSPS) is 10.2. The van der Waals surface area contributed by atoms with Crippen LogP contribution in [-0.4, -0.2) is 16.0 Å². The number of rotatable bonds is 4. The number of nitrogens with zero attached hydrogens (tertiary/aromatic N) is 1. The van der Waals surface area contributed by atoms with Crippen molar-refractivity contribution >= 4 is 45.8 Å². The van der Waals surface area contributed by atoms with Crippen LogP contribution in [0.4, 0.5) is 5.69 Å². The Morgan fingerprint density at radius 3 is 2.48 bits per heavy atom. The van der Waals surface area contributed by atoms with Gasteiger partial charge in [0.1, 0.15) is 17.1 Å². The maximum atomic E-state index is 11.2. The second kappa shape index (κ2) is 6.27. The number of carbonyl (C=O) groups is 1. The summed E-state index contributed by atoms with van der Waals surface area (Å²) in [5, 5.41) is 19.8. The van der Waals surface area contributed by atoms with E-state index >= 15 is 0 Å². The average molecular weight is 420 g/mol. The molecule has 0 bridgehead atoms. The van der Waals surface area contributed by atoms with Crippen LogP contribution in [-0.2, 0) is 0 Å². The van der Waals surface area contributed by atoms with E-state index in [0.717, 1.165) is 9.64 Å². The molecule has 0 spiro atoms. The first-order valence-electron chi connectivity index (χ1n) is 5.53. The van der Waals surface area contributed by atoms with E-state index in [9.17, 15) is 14.9 Å². The van der Waals surface area contributed by atoms with E-state index in [1.165, 1.54) is 24.3 Å². The SMILES string of the molecule is O=C(O)c1cc(I)ccc1Oc1ccc([N+](=O)[O-])cc1Cl. The number of benzene rings is 2. The van der Waals surface area contributed by atoms with Gasteiger partial charge in [0.25, 0.3) is 5.69 Å². The fourth-order valence-corrected chi connectivity index (χ4v) is 2.27. The van der Waals surface area contributed by atoms with Gasteiger partial charge < -0.3 is 9.84 Å². The lowest BCUT2D eigenvalue weighted by molar-refractivity contribution is -0.384. The lowest BCUT2D eigenvalue weighted by Gasteiger charge is -2.10. The van der Waals surface area contributed by atoms with Crippen LogP contribution in [0, 0.1) is 13.7 Å². The van der Waals surface area contributed by atoms with Gasteiger partial charge in [-0.2, -0.15) is 0 Å². The summed E-state index contributed by atoms with van der Waals surface area (Å²) in [6, 6.07) is 8.34. The quantitative estimate of drug-likeness (QED) is 0.452. The maximum Gasteiger partial charge on any atom is 0.339 e. The summed E-state index contributed by atoms with van der Waals surface area (Å²) in [5.74, 6) is -0.883. The maximum absolute atomic E-state index is 11.2. The molecule has 0 unspecified atom stereocenters. The Balaban J connectivity index is 2.39. The van der Waals surface area contributed by atoms with Crippen molar-refractivity contribution in [3.8, 4) is 11.5 Å². The number of halogens is 2. The van der Waals surface area contributed by atoms with Crippen molar-refractivity contribution in [2.24, 2.45) is 0 Å². The molecule has 0 fully saturated rings. The highest BCUT2D eigenvalue weighted by molar-refractivity contribution is 14.1. The third kappa shape index (κ3) is 3.61. The predicted octanol–water partition coefficient (Wildman–Crippen LogP) is 4.34. The van der Waals surface area contributed by atoms with E-state index < -0.39 is 10.9 Å². The number of non-ortho nitro benzene ring substituents is 1. The molecule has 0 radical (unpaired) electrons. The number of aromatic carboxylic acids is 1. The van der Waals surface area contributed by atoms with Crippen molar-refractivity contribution in [1.29, 1.82) is 0 Å². The smallest absolute Gasteiger partial charge is 0.339 e. The first kappa shape index (κ1) is 15.5. The van der Waals surface area contributed by atoms with E-state index in [4.69, 9.17) is 21.4 Å². The molecule has 0 aromatic heterocycles. The third-order valence-corrected chi connectivity index (χ3v) is 3.48. The molecule has 0 atom stereocenters. The molecule has 0 saturated heterocycles. The summed E-state index contributed by atoms with van der Waals surface area (Å²) in [6.45, 7) is 0. The van der Waals surface area contributed by atoms with Gasteiger partial charge >= 0.3 is 5.97 Å². The van der Waals surface area contributed by atoms with E-state index in [1.807, 2.05) is 22.6 Å². The molecular weight excluding hydrogens is 413 g/mol. The van der Waals surface area contributed by atoms with E-state index in [2.05, 4.69) is 0 Å². The van der Waals surface area contributed by atoms with Crippen LogP contribution in [0.2, 0.25) is 5.02 Å². The van der Waals surface area contributed by atoms with Crippen molar-refractivity contribution in [2.75, 3.05) is 0 Å². The minimum absolute atomic E-state index is 0.0173. The molecule has 108 valence electrons. The molecule has 0 saturated carbocycles. The highest BCUT2D eigenvalue weighted by atomic mass is 127. The Bertz CT molecular complexity index is 734. The van der Waals surface area contributed by atoms with Gasteiger partial charge in [0, 0.05) is 15.7 Å². The molecular formula is C13H7ClINO5. The first-order valence-corrected chi connectivity index (χ1v) is 6.99. The number of carboxylic acids is 1. The number of ether oxygens (including phenoxy) is 1. The van der Waals surface area contributed by atoms with Crippen LogP contribution >= 0.6 is 34.2 Å². The molecule has 8 heteroatoms. The number of hydrogen-bond acceptors (Lipinski definition) is 4. The van der Waals surface area contributed by atoms with Crippen LogP contribution in [0.3, 0.4) is 0 Å². The Morgan fingerprint density at radius 2 is 1.90 bits per heavy atom. The van der Waals surface area contributed by atoms with Crippen molar-refractivity contribution < 1.29 is 19.6 Å². The van der Waals surface area contributed by atoms with E-state index in [1.54, 1.807) is 6.07 Å². The summed E-state index contributed by atoms with van der Waals surface area (Å²) < 4.78 is 6.20. The van der Waals surface area contributed by atoms with Gasteiger partial charge in [-0.05, 0) is 46.9 Å². The summed E-state index contributed by atoms with van der Waals surface area (Å²) >= 11 is 7.89. The lowest BCUT2D eigenvalue weighted by atomic mass is 10.2. The molecule has 6 nitrogen and oxygen atoms in total. The van der Waals surface area contributed by atoms with E-state index in [0.29, 0.717) is 0 Å². The van der Waals surface area contributed by atoms with Crippen LogP contribution in [0.1, 0.15) is 10.4 Å². The Morgan fingerprint density at radius 1 is 1.24 bits per heavy atom. The van der Waals surface area contributed by atoms with Gasteiger partial charge in [-0.1, -0.05) is 11.6 Å². The zero-order valence-corrected chi connectivity index (χ0v) is 13.2. The number of hydrogen-bond donors (Lipinski definition) is 1. The van der Waals surface area contributed by atoms with Gasteiger partial charge in [0.2, 0.25) is 0 Å². The Hall–Kier alpha value is -1.87. The van der Waals surface area contributed by atoms with Crippen molar-refractivity contribution in [1.82, 2.24) is 0 Å². The standard InChI is InChI=1S/C13H7ClINO5/c14-10-6-8(16(19)20)2-4-12(10)21-11-3-1-7(15)5-9(11)13(17)18/h1-6H,(H,17,18). The summed E-state index contributed by atoms with van der Waals surface area (Å²) in [7, 11) is 0. The van der Waals surface area contributed by atoms with Gasteiger partial charge in [0.15, 0.2) is 0 Å². The summed E-state index contributed by atoms with van der Waals surface area (Å²) in [5.41, 5.74) is -0.190. The van der Waals surface area contributed by atoms with Crippen LogP contribution in [0.15, 0.2) is 36.4 Å². The molecule has 2 aromatic rings. The first-order chi connectivity index (χ1) is 9.88. The highest BCUT2D eigenvalue weighted by Gasteiger charge is 2.15. The third-order valence-electron chi connectivity index (χ3n) is 2.52. The monoisotopic (exact) mass is 419 g/mol. The Kier molecular flexibility index (Phi) is 4.63. The van der Waals surface area contributed by atoms with Crippen LogP contribution in [0.5, 0.6) is 11.5 Å². The molecule has 0 aliphatic carbocycles. The topological polar surface area (TPSA) is 89.7 Å². The predicted molar refractivity (Wildman–Crippen MR) is 84.3 cm³/mol. The summed E-state index contributed by atoms with van der Waals surface area (Å²) in [4.78, 5) is 21.2. The highest BCUT2D eigenvalue weighted by Crippen LogP contribution is 2.34. The van der Waals surface area contributed by atoms with Gasteiger partial charge in [0.05, 0.1) is 9.95 Å². The molecule has 0 amide bonds. The second-order valence-corrected chi connectivity index (χ2v) is 5.57. The molecule has 21 heavy (non-hydrogen) atoms. The molecule has 0 heterocycles. The van der Waals surface area contributed by atoms with Crippen molar-refractivity contribution in [3.63, 3.8) is 0 Å². The van der Waals surface area contributed by atoms with Gasteiger partial charge in [-0.15, -0.1) is 0 Å². The fourth-order valence-electron chi connectivity index (χ4n) is 1.56. The second-order valence-electron chi connectivity index (χ2n) is 3.92. The van der Waals surface area contributed by atoms with Gasteiger partial charge in [-0.25, -0.2) is 4.79 Å². The van der Waals surface area contributed by atoms with E-state index in [-0.39, 0.29) is 27.8 Å². The number of nitro benzene ring substituents is 1. The van der Waals surface area contributed by atoms with Crippen molar-refractivity contribution in [2.45, 2.75) is 0 Å². The van der Waals surface area contributed by atoms with Gasteiger partial charge in [-0.3, -0.25) is 10.1 Å². The molecule has 0 aliphatic heterocycles. The largest absolute Gasteiger partial charge is 0.478 e. The van der Waals surface area contributed by atoms with Crippen LogP contribution in [0.25, 0.3) is 0 Å². The number of carboxylic acid groups (broad SMARTS) is 1. The molecule has 0 aliphatic rings. The molecule has 1 N–H and O–H groups in total. The molecule has 2 rings (SSSR count). The average Bonchev–Trinajstić information content (AvgIpc) is 2.42. The zero-order chi connectivity index (χ0) is 15.6. The molecule has 2 aromatic carbocycles. The fraction of sp³-hybridized carbons (Fsp3) is 0. The Labute approximate surface area is 137 Å². The lowest BCUT2D eigenvalue weighted by Crippen LogP contribution is -2.01. The number of nitro groups is 1. The zero-order valence-electron chi connectivity index (χ0n) is 10.2.